The van der Waals surface area contributed by atoms with Crippen LogP contribution < -0.4 is 10.6 Å². The maximum Gasteiger partial charge on any atom is 0.250 e. The fourth-order valence-electron chi connectivity index (χ4n) is 2.57. The Labute approximate surface area is 162 Å². The molecule has 2 amide bonds. The topological polar surface area (TPSA) is 71.1 Å². The average Bonchev–Trinajstić information content (AvgIpc) is 3.01. The monoisotopic (exact) mass is 379 g/mol. The summed E-state index contributed by atoms with van der Waals surface area (Å²) in [5.74, 6) is 0.125. The van der Waals surface area contributed by atoms with Crippen molar-refractivity contribution < 1.29 is 9.59 Å². The smallest absolute Gasteiger partial charge is 0.250 e. The second-order valence-electron chi connectivity index (χ2n) is 6.53. The van der Waals surface area contributed by atoms with E-state index in [9.17, 15) is 9.59 Å². The predicted octanol–water partition coefficient (Wildman–Crippen LogP) is 5.03. The SMILES string of the molecule is CC(=O)Nc1ccc2nc(NC(=O)C=Cc3ccc(C(C)C)cc3)sc2c1. The van der Waals surface area contributed by atoms with Crippen LogP contribution in [-0.2, 0) is 9.59 Å². The molecule has 0 saturated carbocycles. The molecule has 0 fully saturated rings. The largest absolute Gasteiger partial charge is 0.326 e. The number of carbonyl (C=O) groups is 2. The second-order valence-corrected chi connectivity index (χ2v) is 7.56. The molecule has 138 valence electrons. The molecule has 0 bridgehead atoms. The van der Waals surface area contributed by atoms with Crippen LogP contribution in [-0.4, -0.2) is 16.8 Å². The third-order valence-corrected chi connectivity index (χ3v) is 4.90. The Morgan fingerprint density at radius 1 is 1.07 bits per heavy atom. The minimum Gasteiger partial charge on any atom is -0.326 e. The highest BCUT2D eigenvalue weighted by atomic mass is 32.1. The Kier molecular flexibility index (Phi) is 5.66. The number of hydrogen-bond donors (Lipinski definition) is 2. The second kappa shape index (κ2) is 8.14. The van der Waals surface area contributed by atoms with Gasteiger partial charge in [0.2, 0.25) is 11.8 Å². The van der Waals surface area contributed by atoms with Crippen molar-refractivity contribution in [2.45, 2.75) is 26.7 Å². The first-order valence-corrected chi connectivity index (χ1v) is 9.49. The minimum atomic E-state index is -0.232. The molecule has 0 atom stereocenters. The van der Waals surface area contributed by atoms with Crippen molar-refractivity contribution in [3.05, 3.63) is 59.7 Å². The van der Waals surface area contributed by atoms with E-state index in [-0.39, 0.29) is 11.8 Å². The van der Waals surface area contributed by atoms with Gasteiger partial charge in [0.15, 0.2) is 5.13 Å². The van der Waals surface area contributed by atoms with Crippen LogP contribution in [0.5, 0.6) is 0 Å². The highest BCUT2D eigenvalue weighted by Gasteiger charge is 2.07. The number of amides is 2. The van der Waals surface area contributed by atoms with Gasteiger partial charge in [-0.2, -0.15) is 0 Å². The highest BCUT2D eigenvalue weighted by Crippen LogP contribution is 2.28. The summed E-state index contributed by atoms with van der Waals surface area (Å²) in [5, 5.41) is 6.05. The number of fused-ring (bicyclic) bond motifs is 1. The van der Waals surface area contributed by atoms with E-state index in [4.69, 9.17) is 0 Å². The van der Waals surface area contributed by atoms with Gasteiger partial charge in [0.05, 0.1) is 10.2 Å². The van der Waals surface area contributed by atoms with Gasteiger partial charge in [0.25, 0.3) is 0 Å². The van der Waals surface area contributed by atoms with Crippen LogP contribution in [0.15, 0.2) is 48.5 Å². The van der Waals surface area contributed by atoms with E-state index in [2.05, 4.69) is 41.6 Å². The van der Waals surface area contributed by atoms with Crippen LogP contribution in [0.4, 0.5) is 10.8 Å². The van der Waals surface area contributed by atoms with Crippen molar-refractivity contribution >= 4 is 50.3 Å². The molecule has 0 aliphatic rings. The first-order chi connectivity index (χ1) is 12.9. The van der Waals surface area contributed by atoms with Crippen LogP contribution in [0.1, 0.15) is 37.8 Å². The van der Waals surface area contributed by atoms with Crippen molar-refractivity contribution in [1.29, 1.82) is 0 Å². The minimum absolute atomic E-state index is 0.126. The summed E-state index contributed by atoms with van der Waals surface area (Å²) < 4.78 is 0.893. The molecule has 27 heavy (non-hydrogen) atoms. The molecule has 6 heteroatoms. The standard InChI is InChI=1S/C21H21N3O2S/c1-13(2)16-7-4-15(5-8-16)6-11-20(26)24-21-23-18-10-9-17(22-14(3)25)12-19(18)27-21/h4-13H,1-3H3,(H,22,25)(H,23,24,26). The fraction of sp³-hybridized carbons (Fsp3) is 0.190. The molecule has 1 heterocycles. The van der Waals surface area contributed by atoms with E-state index >= 15 is 0 Å². The summed E-state index contributed by atoms with van der Waals surface area (Å²) in [5.41, 5.74) is 3.72. The number of rotatable bonds is 5. The lowest BCUT2D eigenvalue weighted by Crippen LogP contribution is -2.07. The maximum absolute atomic E-state index is 12.2. The third kappa shape index (κ3) is 5.01. The van der Waals surface area contributed by atoms with Crippen LogP contribution >= 0.6 is 11.3 Å². The zero-order valence-electron chi connectivity index (χ0n) is 15.4. The molecule has 0 unspecified atom stereocenters. The number of hydrogen-bond acceptors (Lipinski definition) is 4. The van der Waals surface area contributed by atoms with Crippen molar-refractivity contribution in [3.63, 3.8) is 0 Å². The van der Waals surface area contributed by atoms with E-state index < -0.39 is 0 Å². The average molecular weight is 379 g/mol. The number of nitrogens with zero attached hydrogens (tertiary/aromatic N) is 1. The van der Waals surface area contributed by atoms with Crippen LogP contribution in [0.2, 0.25) is 0 Å². The van der Waals surface area contributed by atoms with Gasteiger partial charge in [-0.25, -0.2) is 4.98 Å². The van der Waals surface area contributed by atoms with Crippen molar-refractivity contribution in [2.24, 2.45) is 0 Å². The Balaban J connectivity index is 1.67. The van der Waals surface area contributed by atoms with Gasteiger partial charge in [0, 0.05) is 18.7 Å². The van der Waals surface area contributed by atoms with Crippen LogP contribution in [0.25, 0.3) is 16.3 Å². The van der Waals surface area contributed by atoms with Crippen LogP contribution in [0.3, 0.4) is 0 Å². The Hall–Kier alpha value is -2.99. The van der Waals surface area contributed by atoms with Gasteiger partial charge >= 0.3 is 0 Å². The van der Waals surface area contributed by atoms with E-state index in [1.165, 1.54) is 29.9 Å². The van der Waals surface area contributed by atoms with E-state index in [0.717, 1.165) is 15.8 Å². The van der Waals surface area contributed by atoms with E-state index in [0.29, 0.717) is 16.7 Å². The Morgan fingerprint density at radius 3 is 2.48 bits per heavy atom. The predicted molar refractivity (Wildman–Crippen MR) is 112 cm³/mol. The molecule has 0 aliphatic heterocycles. The van der Waals surface area contributed by atoms with Gasteiger partial charge in [0.1, 0.15) is 0 Å². The van der Waals surface area contributed by atoms with E-state index in [1.54, 1.807) is 12.1 Å². The Morgan fingerprint density at radius 2 is 1.81 bits per heavy atom. The van der Waals surface area contributed by atoms with Gasteiger partial charge in [-0.3, -0.25) is 14.9 Å². The quantitative estimate of drug-likeness (QED) is 0.611. The molecule has 5 nitrogen and oxygen atoms in total. The first-order valence-electron chi connectivity index (χ1n) is 8.68. The molecular weight excluding hydrogens is 358 g/mol. The molecule has 3 aromatic rings. The first kappa shape index (κ1) is 18.8. The number of anilines is 2. The number of benzene rings is 2. The fourth-order valence-corrected chi connectivity index (χ4v) is 3.48. The van der Waals surface area contributed by atoms with Gasteiger partial charge in [-0.15, -0.1) is 0 Å². The van der Waals surface area contributed by atoms with Crippen LogP contribution in [0, 0.1) is 0 Å². The number of aromatic nitrogens is 1. The van der Waals surface area contributed by atoms with Crippen molar-refractivity contribution in [3.8, 4) is 0 Å². The molecule has 3 rings (SSSR count). The van der Waals surface area contributed by atoms with Crippen molar-refractivity contribution in [2.75, 3.05) is 10.6 Å². The molecule has 0 radical (unpaired) electrons. The summed E-state index contributed by atoms with van der Waals surface area (Å²) in [7, 11) is 0. The summed E-state index contributed by atoms with van der Waals surface area (Å²) in [6, 6.07) is 13.6. The number of nitrogens with one attached hydrogen (secondary N) is 2. The third-order valence-electron chi connectivity index (χ3n) is 3.97. The molecule has 2 aromatic carbocycles. The molecule has 0 spiro atoms. The maximum atomic E-state index is 12.2. The normalized spacial score (nSPS) is 11.3. The molecule has 0 aliphatic carbocycles. The van der Waals surface area contributed by atoms with E-state index in [1.807, 2.05) is 24.3 Å². The number of carbonyl (C=O) groups excluding carboxylic acids is 2. The summed E-state index contributed by atoms with van der Waals surface area (Å²) >= 11 is 1.37. The summed E-state index contributed by atoms with van der Waals surface area (Å²) in [6.07, 6.45) is 3.28. The number of thiazole rings is 1. The summed E-state index contributed by atoms with van der Waals surface area (Å²) in [6.45, 7) is 5.76. The van der Waals surface area contributed by atoms with Gasteiger partial charge < -0.3 is 5.32 Å². The highest BCUT2D eigenvalue weighted by molar-refractivity contribution is 7.22. The lowest BCUT2D eigenvalue weighted by Gasteiger charge is -2.04. The molecule has 2 N–H and O–H groups in total. The van der Waals surface area contributed by atoms with Gasteiger partial charge in [-0.05, 0) is 41.3 Å². The summed E-state index contributed by atoms with van der Waals surface area (Å²) in [4.78, 5) is 27.7. The molecular formula is C21H21N3O2S. The lowest BCUT2D eigenvalue weighted by molar-refractivity contribution is -0.114. The molecule has 1 aromatic heterocycles. The van der Waals surface area contributed by atoms with Gasteiger partial charge in [-0.1, -0.05) is 49.4 Å². The zero-order chi connectivity index (χ0) is 19.4. The lowest BCUT2D eigenvalue weighted by atomic mass is 10.0. The van der Waals surface area contributed by atoms with Crippen molar-refractivity contribution in [1.82, 2.24) is 4.98 Å². The molecule has 0 saturated heterocycles. The Bertz CT molecular complexity index is 1000. The zero-order valence-corrected chi connectivity index (χ0v) is 16.3.